The summed E-state index contributed by atoms with van der Waals surface area (Å²) in [5.74, 6) is 0.682. The molecule has 112 valence electrons. The predicted molar refractivity (Wildman–Crippen MR) is 81.8 cm³/mol. The van der Waals surface area contributed by atoms with Gasteiger partial charge >= 0.3 is 0 Å². The maximum Gasteiger partial charge on any atom is 0.257 e. The SMILES string of the molecule is CCCNC(=O)COc1ccccc1CNC(C)(C)C. The third-order valence-electron chi connectivity index (χ3n) is 2.71. The topological polar surface area (TPSA) is 50.4 Å². The minimum Gasteiger partial charge on any atom is -0.483 e. The van der Waals surface area contributed by atoms with E-state index in [-0.39, 0.29) is 18.1 Å². The molecule has 0 spiro atoms. The molecule has 0 aliphatic heterocycles. The Morgan fingerprint density at radius 3 is 2.60 bits per heavy atom. The number of carbonyl (C=O) groups is 1. The lowest BCUT2D eigenvalue weighted by Crippen LogP contribution is -2.35. The molecule has 0 aliphatic carbocycles. The van der Waals surface area contributed by atoms with Crippen molar-refractivity contribution >= 4 is 5.91 Å². The normalized spacial score (nSPS) is 11.2. The first-order valence-corrected chi connectivity index (χ1v) is 7.15. The van der Waals surface area contributed by atoms with Crippen LogP contribution in [0.3, 0.4) is 0 Å². The quantitative estimate of drug-likeness (QED) is 0.805. The van der Waals surface area contributed by atoms with Crippen LogP contribution in [0.4, 0.5) is 0 Å². The highest BCUT2D eigenvalue weighted by Crippen LogP contribution is 2.18. The standard InChI is InChI=1S/C16H26N2O2/c1-5-10-17-15(19)12-20-14-9-7-6-8-13(14)11-18-16(2,3)4/h6-9,18H,5,10-12H2,1-4H3,(H,17,19). The summed E-state index contributed by atoms with van der Waals surface area (Å²) in [4.78, 5) is 11.6. The molecule has 4 heteroatoms. The van der Waals surface area contributed by atoms with E-state index in [0.29, 0.717) is 6.54 Å². The Balaban J connectivity index is 2.55. The number of hydrogen-bond acceptors (Lipinski definition) is 3. The van der Waals surface area contributed by atoms with Crippen LogP contribution in [0.1, 0.15) is 39.7 Å². The van der Waals surface area contributed by atoms with E-state index in [1.807, 2.05) is 31.2 Å². The van der Waals surface area contributed by atoms with E-state index in [9.17, 15) is 4.79 Å². The fourth-order valence-corrected chi connectivity index (χ4v) is 1.61. The first kappa shape index (κ1) is 16.5. The van der Waals surface area contributed by atoms with Crippen LogP contribution in [0.5, 0.6) is 5.75 Å². The molecule has 20 heavy (non-hydrogen) atoms. The number of para-hydroxylation sites is 1. The molecule has 0 saturated heterocycles. The summed E-state index contributed by atoms with van der Waals surface area (Å²) in [6.07, 6.45) is 0.928. The summed E-state index contributed by atoms with van der Waals surface area (Å²) < 4.78 is 5.61. The van der Waals surface area contributed by atoms with E-state index in [4.69, 9.17) is 4.74 Å². The van der Waals surface area contributed by atoms with Gasteiger partial charge in [-0.15, -0.1) is 0 Å². The van der Waals surface area contributed by atoms with Gasteiger partial charge in [0.2, 0.25) is 0 Å². The Morgan fingerprint density at radius 1 is 1.25 bits per heavy atom. The molecule has 4 nitrogen and oxygen atoms in total. The van der Waals surface area contributed by atoms with Crippen molar-refractivity contribution in [2.45, 2.75) is 46.2 Å². The zero-order chi connectivity index (χ0) is 15.0. The highest BCUT2D eigenvalue weighted by Gasteiger charge is 2.11. The van der Waals surface area contributed by atoms with Crippen molar-refractivity contribution in [1.29, 1.82) is 0 Å². The molecular formula is C16H26N2O2. The molecule has 1 aromatic rings. The van der Waals surface area contributed by atoms with Crippen LogP contribution >= 0.6 is 0 Å². The first-order valence-electron chi connectivity index (χ1n) is 7.15. The molecule has 0 atom stereocenters. The number of benzene rings is 1. The Morgan fingerprint density at radius 2 is 1.95 bits per heavy atom. The van der Waals surface area contributed by atoms with Gasteiger partial charge in [0.25, 0.3) is 5.91 Å². The monoisotopic (exact) mass is 278 g/mol. The largest absolute Gasteiger partial charge is 0.483 e. The Labute approximate surface area is 121 Å². The minimum atomic E-state index is -0.0783. The molecule has 0 unspecified atom stereocenters. The second kappa shape index (κ2) is 7.90. The molecule has 0 bridgehead atoms. The molecule has 0 fully saturated rings. The van der Waals surface area contributed by atoms with E-state index in [1.54, 1.807) is 0 Å². The highest BCUT2D eigenvalue weighted by atomic mass is 16.5. The smallest absolute Gasteiger partial charge is 0.257 e. The van der Waals surface area contributed by atoms with Crippen LogP contribution in [0.15, 0.2) is 24.3 Å². The fraction of sp³-hybridized carbons (Fsp3) is 0.562. The first-order chi connectivity index (χ1) is 9.42. The van der Waals surface area contributed by atoms with Crippen LogP contribution < -0.4 is 15.4 Å². The van der Waals surface area contributed by atoms with Crippen molar-refractivity contribution in [2.75, 3.05) is 13.2 Å². The third-order valence-corrected chi connectivity index (χ3v) is 2.71. The molecule has 0 saturated carbocycles. The Bertz CT molecular complexity index is 425. The number of rotatable bonds is 7. The summed E-state index contributed by atoms with van der Waals surface area (Å²) >= 11 is 0. The Kier molecular flexibility index (Phi) is 6.52. The van der Waals surface area contributed by atoms with Gasteiger partial charge in [0.15, 0.2) is 6.61 Å². The summed E-state index contributed by atoms with van der Waals surface area (Å²) in [6.45, 7) is 9.85. The number of hydrogen-bond donors (Lipinski definition) is 2. The molecule has 2 N–H and O–H groups in total. The van der Waals surface area contributed by atoms with E-state index in [0.717, 1.165) is 24.3 Å². The lowest BCUT2D eigenvalue weighted by molar-refractivity contribution is -0.123. The van der Waals surface area contributed by atoms with Gasteiger partial charge in [-0.25, -0.2) is 0 Å². The van der Waals surface area contributed by atoms with Crippen molar-refractivity contribution in [3.05, 3.63) is 29.8 Å². The zero-order valence-corrected chi connectivity index (χ0v) is 13.0. The van der Waals surface area contributed by atoms with Crippen molar-refractivity contribution in [3.63, 3.8) is 0 Å². The van der Waals surface area contributed by atoms with Gasteiger partial charge in [0.1, 0.15) is 5.75 Å². The summed E-state index contributed by atoms with van der Waals surface area (Å²) in [6, 6.07) is 7.80. The maximum atomic E-state index is 11.6. The van der Waals surface area contributed by atoms with Crippen LogP contribution in [0.25, 0.3) is 0 Å². The van der Waals surface area contributed by atoms with Crippen molar-refractivity contribution in [2.24, 2.45) is 0 Å². The van der Waals surface area contributed by atoms with Crippen molar-refractivity contribution in [3.8, 4) is 5.75 Å². The van der Waals surface area contributed by atoms with Crippen molar-refractivity contribution < 1.29 is 9.53 Å². The van der Waals surface area contributed by atoms with E-state index in [1.165, 1.54) is 0 Å². The van der Waals surface area contributed by atoms with E-state index >= 15 is 0 Å². The second-order valence-electron chi connectivity index (χ2n) is 5.85. The van der Waals surface area contributed by atoms with Gasteiger partial charge in [0.05, 0.1) is 0 Å². The highest BCUT2D eigenvalue weighted by molar-refractivity contribution is 5.77. The second-order valence-corrected chi connectivity index (χ2v) is 5.85. The van der Waals surface area contributed by atoms with Crippen LogP contribution in [0.2, 0.25) is 0 Å². The van der Waals surface area contributed by atoms with Crippen LogP contribution in [0, 0.1) is 0 Å². The number of carbonyl (C=O) groups excluding carboxylic acids is 1. The zero-order valence-electron chi connectivity index (χ0n) is 13.0. The molecule has 1 rings (SSSR count). The summed E-state index contributed by atoms with van der Waals surface area (Å²) in [7, 11) is 0. The maximum absolute atomic E-state index is 11.6. The number of amides is 1. The van der Waals surface area contributed by atoms with Gasteiger partial charge in [0, 0.05) is 24.2 Å². The third kappa shape index (κ3) is 6.57. The van der Waals surface area contributed by atoms with Crippen molar-refractivity contribution in [1.82, 2.24) is 10.6 Å². The van der Waals surface area contributed by atoms with Crippen LogP contribution in [-0.4, -0.2) is 24.6 Å². The molecular weight excluding hydrogens is 252 g/mol. The lowest BCUT2D eigenvalue weighted by atomic mass is 10.1. The minimum absolute atomic E-state index is 0.0472. The van der Waals surface area contributed by atoms with Gasteiger partial charge in [-0.3, -0.25) is 4.79 Å². The predicted octanol–water partition coefficient (Wildman–Crippen LogP) is 2.48. The van der Waals surface area contributed by atoms with E-state index in [2.05, 4.69) is 31.4 Å². The lowest BCUT2D eigenvalue weighted by Gasteiger charge is -2.21. The average molecular weight is 278 g/mol. The summed E-state index contributed by atoms with van der Waals surface area (Å²) in [5.41, 5.74) is 1.11. The van der Waals surface area contributed by atoms with E-state index < -0.39 is 0 Å². The van der Waals surface area contributed by atoms with Crippen LogP contribution in [-0.2, 0) is 11.3 Å². The molecule has 0 radical (unpaired) electrons. The van der Waals surface area contributed by atoms with Gasteiger partial charge in [-0.1, -0.05) is 25.1 Å². The number of nitrogens with one attached hydrogen (secondary N) is 2. The van der Waals surface area contributed by atoms with Gasteiger partial charge in [-0.05, 0) is 33.3 Å². The van der Waals surface area contributed by atoms with Gasteiger partial charge in [-0.2, -0.15) is 0 Å². The number of ether oxygens (including phenoxy) is 1. The molecule has 1 aromatic carbocycles. The Hall–Kier alpha value is -1.55. The van der Waals surface area contributed by atoms with Gasteiger partial charge < -0.3 is 15.4 Å². The molecule has 1 amide bonds. The molecule has 0 aromatic heterocycles. The average Bonchev–Trinajstić information content (AvgIpc) is 2.40. The summed E-state index contributed by atoms with van der Waals surface area (Å²) in [5, 5.41) is 6.22. The molecule has 0 heterocycles. The molecule has 0 aliphatic rings. The fourth-order valence-electron chi connectivity index (χ4n) is 1.61.